The van der Waals surface area contributed by atoms with Gasteiger partial charge in [-0.15, -0.1) is 0 Å². The second-order valence-electron chi connectivity index (χ2n) is 5.00. The highest BCUT2D eigenvalue weighted by Gasteiger charge is 2.00. The van der Waals surface area contributed by atoms with E-state index < -0.39 is 0 Å². The van der Waals surface area contributed by atoms with Crippen molar-refractivity contribution in [3.8, 4) is 5.75 Å². The summed E-state index contributed by atoms with van der Waals surface area (Å²) in [6.45, 7) is 6.09. The molecule has 0 aliphatic heterocycles. The van der Waals surface area contributed by atoms with Crippen LogP contribution in [-0.2, 0) is 11.3 Å². The average molecular weight is 293 g/mol. The fourth-order valence-corrected chi connectivity index (χ4v) is 1.70. The monoisotopic (exact) mass is 293 g/mol. The highest BCUT2D eigenvalue weighted by molar-refractivity contribution is 5.78. The van der Waals surface area contributed by atoms with Crippen LogP contribution >= 0.6 is 0 Å². The smallest absolute Gasteiger partial charge is 0.189 e. The minimum absolute atomic E-state index is 0.337. The second-order valence-corrected chi connectivity index (χ2v) is 5.00. The van der Waals surface area contributed by atoms with E-state index >= 15 is 0 Å². The summed E-state index contributed by atoms with van der Waals surface area (Å²) in [7, 11) is 1.69. The number of hydrogen-bond donors (Lipinski definition) is 2. The van der Waals surface area contributed by atoms with Crippen molar-refractivity contribution in [2.75, 3.05) is 20.3 Å². The lowest BCUT2D eigenvalue weighted by Gasteiger charge is -2.12. The molecule has 1 rings (SSSR count). The second kappa shape index (κ2) is 10.0. The molecule has 0 aliphatic rings. The Kier molecular flexibility index (Phi) is 8.28. The first-order chi connectivity index (χ1) is 10.2. The molecule has 118 valence electrons. The number of aliphatic imine (C=N–C) groups is 1. The van der Waals surface area contributed by atoms with Crippen LogP contribution in [0.4, 0.5) is 0 Å². The molecule has 0 heterocycles. The molecule has 1 aromatic rings. The van der Waals surface area contributed by atoms with Gasteiger partial charge in [0.15, 0.2) is 5.96 Å². The molecule has 0 aromatic heterocycles. The molecule has 5 nitrogen and oxygen atoms in total. The van der Waals surface area contributed by atoms with E-state index in [2.05, 4.69) is 24.2 Å². The quantitative estimate of drug-likeness (QED) is 0.416. The lowest BCUT2D eigenvalue weighted by Crippen LogP contribution is -2.38. The molecular formula is C16H27N3O2. The minimum atomic E-state index is 0.337. The summed E-state index contributed by atoms with van der Waals surface area (Å²) in [5.74, 6) is 1.34. The van der Waals surface area contributed by atoms with Gasteiger partial charge in [-0.2, -0.15) is 0 Å². The van der Waals surface area contributed by atoms with Crippen LogP contribution in [0.5, 0.6) is 5.75 Å². The number of nitrogens with two attached hydrogens (primary N) is 1. The van der Waals surface area contributed by atoms with Gasteiger partial charge in [0.2, 0.25) is 0 Å². The van der Waals surface area contributed by atoms with Crippen LogP contribution < -0.4 is 15.8 Å². The molecule has 21 heavy (non-hydrogen) atoms. The summed E-state index contributed by atoms with van der Waals surface area (Å²) < 4.78 is 10.7. The van der Waals surface area contributed by atoms with Crippen LogP contribution in [0.2, 0.25) is 0 Å². The zero-order valence-electron chi connectivity index (χ0n) is 13.3. The first-order valence-electron chi connectivity index (χ1n) is 7.42. The van der Waals surface area contributed by atoms with Gasteiger partial charge in [-0.3, -0.25) is 0 Å². The summed E-state index contributed by atoms with van der Waals surface area (Å²) in [6.07, 6.45) is 1.89. The third-order valence-corrected chi connectivity index (χ3v) is 3.10. The van der Waals surface area contributed by atoms with Gasteiger partial charge in [-0.05, 0) is 31.0 Å². The normalized spacial score (nSPS) is 13.0. The molecule has 0 saturated carbocycles. The van der Waals surface area contributed by atoms with Crippen LogP contribution in [0.15, 0.2) is 29.3 Å². The molecule has 1 aromatic carbocycles. The fourth-order valence-electron chi connectivity index (χ4n) is 1.70. The molecule has 0 radical (unpaired) electrons. The standard InChI is InChI=1S/C16H27N3O2/c1-4-13(2)19-16(17)18-12-14-7-5-8-15(11-14)21-10-6-9-20-3/h5,7-8,11,13H,4,6,9-10,12H2,1-3H3,(H3,17,18,19). The van der Waals surface area contributed by atoms with Crippen molar-refractivity contribution in [1.82, 2.24) is 5.32 Å². The lowest BCUT2D eigenvalue weighted by atomic mass is 10.2. The Labute approximate surface area is 127 Å². The molecule has 0 saturated heterocycles. The Balaban J connectivity index is 2.46. The maximum atomic E-state index is 5.84. The van der Waals surface area contributed by atoms with Crippen molar-refractivity contribution in [3.63, 3.8) is 0 Å². The number of methoxy groups -OCH3 is 1. The zero-order valence-corrected chi connectivity index (χ0v) is 13.3. The predicted octanol–water partition coefficient (Wildman–Crippen LogP) is 2.30. The van der Waals surface area contributed by atoms with Crippen LogP contribution in [0.25, 0.3) is 0 Å². The van der Waals surface area contributed by atoms with Gasteiger partial charge < -0.3 is 20.5 Å². The van der Waals surface area contributed by atoms with Crippen LogP contribution in [-0.4, -0.2) is 32.3 Å². The molecular weight excluding hydrogens is 266 g/mol. The molecule has 0 fully saturated rings. The summed E-state index contributed by atoms with van der Waals surface area (Å²) in [6, 6.07) is 8.26. The van der Waals surface area contributed by atoms with E-state index in [1.54, 1.807) is 7.11 Å². The largest absolute Gasteiger partial charge is 0.493 e. The van der Waals surface area contributed by atoms with Crippen LogP contribution in [0.1, 0.15) is 32.3 Å². The molecule has 0 aliphatic carbocycles. The number of hydrogen-bond acceptors (Lipinski definition) is 3. The van der Waals surface area contributed by atoms with E-state index in [1.807, 2.05) is 24.3 Å². The molecule has 0 amide bonds. The zero-order chi connectivity index (χ0) is 15.5. The Morgan fingerprint density at radius 3 is 2.90 bits per heavy atom. The van der Waals surface area contributed by atoms with Crippen LogP contribution in [0.3, 0.4) is 0 Å². The highest BCUT2D eigenvalue weighted by Crippen LogP contribution is 2.14. The van der Waals surface area contributed by atoms with E-state index in [1.165, 1.54) is 0 Å². The van der Waals surface area contributed by atoms with Crippen molar-refractivity contribution >= 4 is 5.96 Å². The molecule has 0 spiro atoms. The molecule has 5 heteroatoms. The summed E-state index contributed by atoms with van der Waals surface area (Å²) in [4.78, 5) is 4.34. The Hall–Kier alpha value is -1.75. The maximum absolute atomic E-state index is 5.84. The predicted molar refractivity (Wildman–Crippen MR) is 86.6 cm³/mol. The van der Waals surface area contributed by atoms with E-state index in [0.29, 0.717) is 31.8 Å². The Morgan fingerprint density at radius 2 is 2.19 bits per heavy atom. The van der Waals surface area contributed by atoms with E-state index in [0.717, 1.165) is 24.2 Å². The van der Waals surface area contributed by atoms with Crippen molar-refractivity contribution in [3.05, 3.63) is 29.8 Å². The molecule has 1 unspecified atom stereocenters. The number of benzene rings is 1. The minimum Gasteiger partial charge on any atom is -0.493 e. The van der Waals surface area contributed by atoms with E-state index in [-0.39, 0.29) is 0 Å². The first kappa shape index (κ1) is 17.3. The van der Waals surface area contributed by atoms with Gasteiger partial charge in [0.05, 0.1) is 13.2 Å². The Morgan fingerprint density at radius 1 is 1.38 bits per heavy atom. The average Bonchev–Trinajstić information content (AvgIpc) is 2.50. The van der Waals surface area contributed by atoms with Gasteiger partial charge in [-0.1, -0.05) is 19.1 Å². The van der Waals surface area contributed by atoms with E-state index in [4.69, 9.17) is 15.2 Å². The van der Waals surface area contributed by atoms with E-state index in [9.17, 15) is 0 Å². The molecule has 3 N–H and O–H groups in total. The van der Waals surface area contributed by atoms with Gasteiger partial charge in [0, 0.05) is 26.2 Å². The topological polar surface area (TPSA) is 68.9 Å². The van der Waals surface area contributed by atoms with Crippen molar-refractivity contribution in [2.24, 2.45) is 10.7 Å². The van der Waals surface area contributed by atoms with Gasteiger partial charge >= 0.3 is 0 Å². The number of guanidine groups is 1. The van der Waals surface area contributed by atoms with Crippen LogP contribution in [0, 0.1) is 0 Å². The maximum Gasteiger partial charge on any atom is 0.189 e. The van der Waals surface area contributed by atoms with Crippen molar-refractivity contribution < 1.29 is 9.47 Å². The number of ether oxygens (including phenoxy) is 2. The molecule has 1 atom stereocenters. The SMILES string of the molecule is CCC(C)NC(N)=NCc1cccc(OCCCOC)c1. The van der Waals surface area contributed by atoms with Gasteiger partial charge in [0.1, 0.15) is 5.75 Å². The Bertz CT molecular complexity index is 435. The van der Waals surface area contributed by atoms with Crippen molar-refractivity contribution in [2.45, 2.75) is 39.3 Å². The van der Waals surface area contributed by atoms with Gasteiger partial charge in [0.25, 0.3) is 0 Å². The summed E-state index contributed by atoms with van der Waals surface area (Å²) in [5, 5.41) is 3.15. The third-order valence-electron chi connectivity index (χ3n) is 3.10. The number of nitrogens with one attached hydrogen (secondary N) is 1. The first-order valence-corrected chi connectivity index (χ1v) is 7.42. The van der Waals surface area contributed by atoms with Gasteiger partial charge in [-0.25, -0.2) is 4.99 Å². The van der Waals surface area contributed by atoms with Crippen molar-refractivity contribution in [1.29, 1.82) is 0 Å². The highest BCUT2D eigenvalue weighted by atomic mass is 16.5. The summed E-state index contributed by atoms with van der Waals surface area (Å²) >= 11 is 0. The lowest BCUT2D eigenvalue weighted by molar-refractivity contribution is 0.172. The molecule has 0 bridgehead atoms. The number of nitrogens with zero attached hydrogens (tertiary/aromatic N) is 1. The summed E-state index contributed by atoms with van der Waals surface area (Å²) in [5.41, 5.74) is 6.92. The third kappa shape index (κ3) is 7.56. The number of rotatable bonds is 9. The fraction of sp³-hybridized carbons (Fsp3) is 0.562.